The number of nitrogens with zero attached hydrogens (tertiary/aromatic N) is 1. The highest BCUT2D eigenvalue weighted by atomic mass is 127. The highest BCUT2D eigenvalue weighted by Crippen LogP contribution is 1.62. The van der Waals surface area contributed by atoms with Crippen LogP contribution in [0.5, 0.6) is 0 Å². The molecular formula is C3H7I3N2. The van der Waals surface area contributed by atoms with Crippen molar-refractivity contribution >= 4 is 71.9 Å². The lowest BCUT2D eigenvalue weighted by molar-refractivity contribution is 1.31. The van der Waals surface area contributed by atoms with Gasteiger partial charge in [-0.05, 0) is 0 Å². The summed E-state index contributed by atoms with van der Waals surface area (Å²) >= 11 is 0. The first-order valence-corrected chi connectivity index (χ1v) is 1.43. The summed E-state index contributed by atoms with van der Waals surface area (Å²) in [4.78, 5) is 6.42. The van der Waals surface area contributed by atoms with Gasteiger partial charge in [-0.1, -0.05) is 0 Å². The zero-order valence-electron chi connectivity index (χ0n) is 3.90. The number of hydrogen-bond acceptors (Lipinski definition) is 1. The highest BCUT2D eigenvalue weighted by molar-refractivity contribution is 14.0. The summed E-state index contributed by atoms with van der Waals surface area (Å²) in [6.45, 7) is 0. The molecule has 1 aromatic heterocycles. The molecule has 0 saturated carbocycles. The number of aromatic amines is 1. The molecule has 5 heteroatoms. The van der Waals surface area contributed by atoms with Crippen molar-refractivity contribution in [3.05, 3.63) is 18.7 Å². The summed E-state index contributed by atoms with van der Waals surface area (Å²) in [6.07, 6.45) is 5.08. The Morgan fingerprint density at radius 2 is 1.75 bits per heavy atom. The predicted molar refractivity (Wildman–Crippen MR) is 64.8 cm³/mol. The summed E-state index contributed by atoms with van der Waals surface area (Å²) < 4.78 is 0. The van der Waals surface area contributed by atoms with E-state index in [1.54, 1.807) is 18.7 Å². The lowest BCUT2D eigenvalue weighted by atomic mass is 11.0. The fourth-order valence-corrected chi connectivity index (χ4v) is 0.215. The molecule has 2 nitrogen and oxygen atoms in total. The van der Waals surface area contributed by atoms with E-state index in [1.165, 1.54) is 0 Å². The van der Waals surface area contributed by atoms with Gasteiger partial charge in [0.15, 0.2) is 0 Å². The molecule has 0 unspecified atom stereocenters. The molecule has 1 N–H and O–H groups in total. The number of halogens is 3. The largest absolute Gasteiger partial charge is 0.351 e. The smallest absolute Gasteiger partial charge is 0.0919 e. The normalized spacial score (nSPS) is 5.00. The van der Waals surface area contributed by atoms with Crippen LogP contribution in [0, 0.1) is 0 Å². The van der Waals surface area contributed by atoms with E-state index < -0.39 is 0 Å². The third kappa shape index (κ3) is 7.40. The third-order valence-corrected chi connectivity index (χ3v) is 0.406. The van der Waals surface area contributed by atoms with Gasteiger partial charge in [0.25, 0.3) is 0 Å². The second kappa shape index (κ2) is 11.2. The van der Waals surface area contributed by atoms with Crippen molar-refractivity contribution in [1.29, 1.82) is 0 Å². The average molecular weight is 452 g/mol. The number of imidazole rings is 1. The van der Waals surface area contributed by atoms with E-state index in [1.807, 2.05) is 0 Å². The van der Waals surface area contributed by atoms with Crippen molar-refractivity contribution in [2.45, 2.75) is 0 Å². The van der Waals surface area contributed by atoms with Crippen molar-refractivity contribution in [3.8, 4) is 0 Å². The first-order chi connectivity index (χ1) is 2.50. The third-order valence-electron chi connectivity index (χ3n) is 0.406. The van der Waals surface area contributed by atoms with Crippen LogP contribution in [0.15, 0.2) is 18.7 Å². The van der Waals surface area contributed by atoms with E-state index in [9.17, 15) is 0 Å². The number of nitrogens with one attached hydrogen (secondary N) is 1. The first-order valence-electron chi connectivity index (χ1n) is 1.43. The maximum absolute atomic E-state index is 3.67. The maximum Gasteiger partial charge on any atom is 0.0919 e. The minimum atomic E-state index is 0. The van der Waals surface area contributed by atoms with E-state index in [0.29, 0.717) is 0 Å². The van der Waals surface area contributed by atoms with Crippen LogP contribution < -0.4 is 0 Å². The standard InChI is InChI=1S/C3H4N2.3HI/c1-2-5-3-4-1;;;/h1-3H,(H,4,5);3*1H. The molecule has 0 spiro atoms. The minimum absolute atomic E-state index is 0. The monoisotopic (exact) mass is 452 g/mol. The van der Waals surface area contributed by atoms with E-state index >= 15 is 0 Å². The highest BCUT2D eigenvalue weighted by Gasteiger charge is 1.56. The molecule has 0 bridgehead atoms. The zero-order chi connectivity index (χ0) is 3.54. The van der Waals surface area contributed by atoms with Crippen LogP contribution in [0.4, 0.5) is 0 Å². The number of aromatic nitrogens is 2. The fourth-order valence-electron chi connectivity index (χ4n) is 0.215. The molecule has 0 aromatic carbocycles. The van der Waals surface area contributed by atoms with E-state index in [-0.39, 0.29) is 71.9 Å². The van der Waals surface area contributed by atoms with Crippen molar-refractivity contribution in [2.24, 2.45) is 0 Å². The molecular weight excluding hydrogens is 445 g/mol. The van der Waals surface area contributed by atoms with E-state index in [2.05, 4.69) is 9.97 Å². The lowest BCUT2D eigenvalue weighted by Crippen LogP contribution is -1.44. The molecule has 8 heavy (non-hydrogen) atoms. The first kappa shape index (κ1) is 16.2. The molecule has 0 aliphatic heterocycles. The lowest BCUT2D eigenvalue weighted by Gasteiger charge is -1.46. The summed E-state index contributed by atoms with van der Waals surface area (Å²) in [6, 6.07) is 0. The van der Waals surface area contributed by atoms with Gasteiger partial charge in [-0.3, -0.25) is 0 Å². The SMILES string of the molecule is I.I.I.c1c[nH]cn1. The van der Waals surface area contributed by atoms with Gasteiger partial charge in [0.2, 0.25) is 0 Å². The minimum Gasteiger partial charge on any atom is -0.351 e. The fraction of sp³-hybridized carbons (Fsp3) is 0. The van der Waals surface area contributed by atoms with Gasteiger partial charge in [0, 0.05) is 12.4 Å². The van der Waals surface area contributed by atoms with Crippen LogP contribution in [0.25, 0.3) is 0 Å². The van der Waals surface area contributed by atoms with E-state index in [4.69, 9.17) is 0 Å². The molecule has 1 heterocycles. The summed E-state index contributed by atoms with van der Waals surface area (Å²) in [5.41, 5.74) is 0. The topological polar surface area (TPSA) is 28.7 Å². The van der Waals surface area contributed by atoms with Gasteiger partial charge in [-0.15, -0.1) is 71.9 Å². The molecule has 0 aliphatic rings. The van der Waals surface area contributed by atoms with Crippen molar-refractivity contribution in [3.63, 3.8) is 0 Å². The summed E-state index contributed by atoms with van der Waals surface area (Å²) in [5.74, 6) is 0. The van der Waals surface area contributed by atoms with Crippen LogP contribution in [-0.2, 0) is 0 Å². The summed E-state index contributed by atoms with van der Waals surface area (Å²) in [5, 5.41) is 0. The predicted octanol–water partition coefficient (Wildman–Crippen LogP) is 2.26. The van der Waals surface area contributed by atoms with Gasteiger partial charge in [0.05, 0.1) is 6.33 Å². The van der Waals surface area contributed by atoms with Crippen LogP contribution in [0.1, 0.15) is 0 Å². The van der Waals surface area contributed by atoms with Crippen LogP contribution >= 0.6 is 71.9 Å². The van der Waals surface area contributed by atoms with Gasteiger partial charge in [-0.2, -0.15) is 0 Å². The Balaban J connectivity index is -0.0000000833. The molecule has 0 aliphatic carbocycles. The van der Waals surface area contributed by atoms with Crippen molar-refractivity contribution in [1.82, 2.24) is 9.97 Å². The molecule has 0 atom stereocenters. The Hall–Kier alpha value is 1.40. The van der Waals surface area contributed by atoms with Crippen LogP contribution in [-0.4, -0.2) is 9.97 Å². The quantitative estimate of drug-likeness (QED) is 0.602. The Morgan fingerprint density at radius 1 is 1.12 bits per heavy atom. The second-order valence-electron chi connectivity index (χ2n) is 0.761. The number of hydrogen-bond donors (Lipinski definition) is 1. The van der Waals surface area contributed by atoms with E-state index in [0.717, 1.165) is 0 Å². The molecule has 0 fully saturated rings. The zero-order valence-corrected chi connectivity index (χ0v) is 10.9. The molecule has 0 radical (unpaired) electrons. The van der Waals surface area contributed by atoms with Crippen molar-refractivity contribution < 1.29 is 0 Å². The number of H-pyrrole nitrogens is 1. The Labute approximate surface area is 99.3 Å². The molecule has 1 rings (SSSR count). The molecule has 0 saturated heterocycles. The second-order valence-corrected chi connectivity index (χ2v) is 0.761. The molecule has 0 amide bonds. The van der Waals surface area contributed by atoms with Gasteiger partial charge >= 0.3 is 0 Å². The Morgan fingerprint density at radius 3 is 1.88 bits per heavy atom. The van der Waals surface area contributed by atoms with Crippen LogP contribution in [0.2, 0.25) is 0 Å². The molecule has 50 valence electrons. The maximum atomic E-state index is 3.67. The van der Waals surface area contributed by atoms with Gasteiger partial charge in [0.1, 0.15) is 0 Å². The Bertz CT molecular complexity index is 69.0. The Kier molecular flexibility index (Phi) is 22.7. The van der Waals surface area contributed by atoms with Gasteiger partial charge in [-0.25, -0.2) is 4.98 Å². The van der Waals surface area contributed by atoms with Gasteiger partial charge < -0.3 is 4.98 Å². The summed E-state index contributed by atoms with van der Waals surface area (Å²) in [7, 11) is 0. The molecule has 1 aromatic rings. The van der Waals surface area contributed by atoms with Crippen LogP contribution in [0.3, 0.4) is 0 Å². The average Bonchev–Trinajstić information content (AvgIpc) is 1.76. The van der Waals surface area contributed by atoms with Crippen molar-refractivity contribution in [2.75, 3.05) is 0 Å². The number of rotatable bonds is 0.